The summed E-state index contributed by atoms with van der Waals surface area (Å²) in [6.45, 7) is 11.4. The first-order chi connectivity index (χ1) is 18.3. The SMILES string of the molecule is C=C(C#CC1=C[C@H](OC(=O)[C@](OC)(c2ccccc2)C(F)(F)F)[C@H](OC)[C@H]2OC(C)(C)O[C@@H]12)CCC=C(C)C. The van der Waals surface area contributed by atoms with E-state index in [1.807, 2.05) is 13.8 Å². The zero-order chi connectivity index (χ0) is 29.0. The second-order valence-electron chi connectivity index (χ2n) is 10.1. The molecular weight excluding hydrogens is 513 g/mol. The lowest BCUT2D eigenvalue weighted by Gasteiger charge is -2.37. The largest absolute Gasteiger partial charge is 0.453 e. The van der Waals surface area contributed by atoms with Crippen LogP contribution >= 0.6 is 0 Å². The Balaban J connectivity index is 2.00. The molecule has 9 heteroatoms. The molecule has 1 heterocycles. The molecule has 0 bridgehead atoms. The molecule has 6 nitrogen and oxygen atoms in total. The first kappa shape index (κ1) is 30.6. The van der Waals surface area contributed by atoms with Gasteiger partial charge in [0.05, 0.1) is 0 Å². The second-order valence-corrected chi connectivity index (χ2v) is 10.1. The fraction of sp³-hybridized carbons (Fsp3) is 0.500. The summed E-state index contributed by atoms with van der Waals surface area (Å²) in [4.78, 5) is 13.4. The van der Waals surface area contributed by atoms with Crippen LogP contribution in [0.1, 0.15) is 46.1 Å². The van der Waals surface area contributed by atoms with Crippen LogP contribution in [0.15, 0.2) is 65.8 Å². The van der Waals surface area contributed by atoms with Crippen molar-refractivity contribution in [3.63, 3.8) is 0 Å². The molecule has 1 aliphatic heterocycles. The molecule has 1 fully saturated rings. The highest BCUT2D eigenvalue weighted by Crippen LogP contribution is 2.45. The van der Waals surface area contributed by atoms with Crippen molar-refractivity contribution >= 4 is 5.97 Å². The lowest BCUT2D eigenvalue weighted by molar-refractivity contribution is -0.279. The minimum Gasteiger partial charge on any atom is -0.453 e. The van der Waals surface area contributed by atoms with E-state index in [0.717, 1.165) is 25.7 Å². The number of alkyl halides is 3. The van der Waals surface area contributed by atoms with Crippen molar-refractivity contribution in [1.29, 1.82) is 0 Å². The van der Waals surface area contributed by atoms with Gasteiger partial charge in [0.15, 0.2) is 11.9 Å². The van der Waals surface area contributed by atoms with Gasteiger partial charge in [-0.1, -0.05) is 60.4 Å². The van der Waals surface area contributed by atoms with Crippen molar-refractivity contribution in [1.82, 2.24) is 0 Å². The smallest absolute Gasteiger partial charge is 0.432 e. The van der Waals surface area contributed by atoms with Crippen LogP contribution in [0.5, 0.6) is 0 Å². The summed E-state index contributed by atoms with van der Waals surface area (Å²) in [6, 6.07) is 6.62. The molecule has 0 saturated carbocycles. The second kappa shape index (κ2) is 12.1. The predicted octanol–water partition coefficient (Wildman–Crippen LogP) is 5.78. The van der Waals surface area contributed by atoms with E-state index in [9.17, 15) is 18.0 Å². The molecule has 1 aliphatic carbocycles. The highest BCUT2D eigenvalue weighted by atomic mass is 19.4. The Morgan fingerprint density at radius 2 is 1.82 bits per heavy atom. The number of methoxy groups -OCH3 is 2. The first-order valence-electron chi connectivity index (χ1n) is 12.6. The van der Waals surface area contributed by atoms with Gasteiger partial charge in [0.25, 0.3) is 5.60 Å². The Morgan fingerprint density at radius 1 is 1.15 bits per heavy atom. The van der Waals surface area contributed by atoms with Gasteiger partial charge >= 0.3 is 12.1 Å². The van der Waals surface area contributed by atoms with E-state index < -0.39 is 53.5 Å². The van der Waals surface area contributed by atoms with Crippen molar-refractivity contribution in [3.8, 4) is 11.8 Å². The molecule has 0 N–H and O–H groups in total. The van der Waals surface area contributed by atoms with E-state index in [0.29, 0.717) is 17.6 Å². The Bertz CT molecular complexity index is 1170. The predicted molar refractivity (Wildman–Crippen MR) is 139 cm³/mol. The van der Waals surface area contributed by atoms with Crippen molar-refractivity contribution in [2.75, 3.05) is 14.2 Å². The molecule has 1 aromatic rings. The molecule has 0 unspecified atom stereocenters. The maximum Gasteiger partial charge on any atom is 0.432 e. The van der Waals surface area contributed by atoms with Crippen molar-refractivity contribution in [2.45, 2.75) is 82.5 Å². The standard InChI is InChI=1S/C30H35F3O6/c1-19(2)12-11-13-20(3)16-17-21-18-23(25(35-6)26-24(21)38-28(4,5)39-26)37-27(34)29(36-7,30(31,32)33)22-14-9-8-10-15-22/h8-10,12,14-15,18,23-26H,3,11,13H2,1-2,4-7H3/t23-,24-,25-,26-,29+/m0/s1. The summed E-state index contributed by atoms with van der Waals surface area (Å²) in [5.41, 5.74) is -1.51. The van der Waals surface area contributed by atoms with E-state index >= 15 is 0 Å². The summed E-state index contributed by atoms with van der Waals surface area (Å²) < 4.78 is 71.4. The molecule has 39 heavy (non-hydrogen) atoms. The number of allylic oxidation sites excluding steroid dienone is 3. The zero-order valence-electron chi connectivity index (χ0n) is 23.1. The minimum atomic E-state index is -5.12. The molecular formula is C30H35F3O6. The number of benzene rings is 1. The van der Waals surface area contributed by atoms with Crippen LogP contribution in [0.25, 0.3) is 0 Å². The highest BCUT2D eigenvalue weighted by molar-refractivity contribution is 5.83. The van der Waals surface area contributed by atoms with E-state index in [2.05, 4.69) is 24.5 Å². The van der Waals surface area contributed by atoms with Crippen LogP contribution in [0, 0.1) is 11.8 Å². The van der Waals surface area contributed by atoms with Gasteiger partial charge in [-0.25, -0.2) is 4.79 Å². The normalized spacial score (nSPS) is 25.3. The van der Waals surface area contributed by atoms with Crippen LogP contribution < -0.4 is 0 Å². The Labute approximate surface area is 227 Å². The number of halogens is 3. The molecule has 0 radical (unpaired) electrons. The van der Waals surface area contributed by atoms with Crippen LogP contribution in [0.3, 0.4) is 0 Å². The van der Waals surface area contributed by atoms with Gasteiger partial charge in [0.2, 0.25) is 0 Å². The summed E-state index contributed by atoms with van der Waals surface area (Å²) in [5.74, 6) is 3.35. The monoisotopic (exact) mass is 548 g/mol. The fourth-order valence-corrected chi connectivity index (χ4v) is 4.66. The van der Waals surface area contributed by atoms with E-state index in [4.69, 9.17) is 23.7 Å². The van der Waals surface area contributed by atoms with Crippen molar-refractivity contribution < 1.29 is 41.7 Å². The summed E-state index contributed by atoms with van der Waals surface area (Å²) in [6.07, 6.45) is -3.89. The van der Waals surface area contributed by atoms with Crippen LogP contribution in [0.2, 0.25) is 0 Å². The van der Waals surface area contributed by atoms with E-state index in [1.54, 1.807) is 13.8 Å². The average Bonchev–Trinajstić information content (AvgIpc) is 3.18. The zero-order valence-corrected chi connectivity index (χ0v) is 23.1. The quantitative estimate of drug-likeness (QED) is 0.233. The summed E-state index contributed by atoms with van der Waals surface area (Å²) in [5, 5.41) is 0. The number of hydrogen-bond acceptors (Lipinski definition) is 6. The molecule has 212 valence electrons. The Morgan fingerprint density at radius 3 is 2.38 bits per heavy atom. The Hall–Kier alpha value is -2.90. The molecule has 2 aliphatic rings. The van der Waals surface area contributed by atoms with Crippen LogP contribution in [0.4, 0.5) is 13.2 Å². The van der Waals surface area contributed by atoms with E-state index in [-0.39, 0.29) is 0 Å². The summed E-state index contributed by atoms with van der Waals surface area (Å²) >= 11 is 0. The molecule has 0 aromatic heterocycles. The number of carbonyl (C=O) groups is 1. The van der Waals surface area contributed by atoms with E-state index in [1.165, 1.54) is 37.0 Å². The molecule has 0 amide bonds. The van der Waals surface area contributed by atoms with Crippen molar-refractivity contribution in [2.24, 2.45) is 0 Å². The number of ether oxygens (including phenoxy) is 5. The topological polar surface area (TPSA) is 63.2 Å². The van der Waals surface area contributed by atoms with Gasteiger partial charge in [-0.2, -0.15) is 13.2 Å². The first-order valence-corrected chi connectivity index (χ1v) is 12.6. The van der Waals surface area contributed by atoms with Gasteiger partial charge in [-0.3, -0.25) is 0 Å². The third kappa shape index (κ3) is 6.64. The van der Waals surface area contributed by atoms with Gasteiger partial charge in [0, 0.05) is 25.4 Å². The maximum absolute atomic E-state index is 14.4. The van der Waals surface area contributed by atoms with Crippen LogP contribution in [-0.4, -0.2) is 56.6 Å². The lowest BCUT2D eigenvalue weighted by atomic mass is 9.88. The van der Waals surface area contributed by atoms with Gasteiger partial charge in [-0.05, 0) is 52.2 Å². The summed E-state index contributed by atoms with van der Waals surface area (Å²) in [7, 11) is 2.17. The van der Waals surface area contributed by atoms with Crippen LogP contribution in [-0.2, 0) is 34.1 Å². The number of fused-ring (bicyclic) bond motifs is 1. The fourth-order valence-electron chi connectivity index (χ4n) is 4.66. The number of carbonyl (C=O) groups excluding carboxylic acids is 1. The number of esters is 1. The highest BCUT2D eigenvalue weighted by Gasteiger charge is 2.65. The molecule has 1 aromatic carbocycles. The minimum absolute atomic E-state index is 0.398. The molecule has 0 spiro atoms. The molecule has 3 rings (SSSR count). The van der Waals surface area contributed by atoms with Crippen molar-refractivity contribution in [3.05, 3.63) is 71.3 Å². The molecule has 5 atom stereocenters. The van der Waals surface area contributed by atoms with Gasteiger partial charge in [0.1, 0.15) is 18.3 Å². The number of rotatable bonds is 8. The van der Waals surface area contributed by atoms with Gasteiger partial charge < -0.3 is 23.7 Å². The molecule has 1 saturated heterocycles. The average molecular weight is 549 g/mol. The maximum atomic E-state index is 14.4. The number of hydrogen-bond donors (Lipinski definition) is 0. The van der Waals surface area contributed by atoms with Gasteiger partial charge in [-0.15, -0.1) is 0 Å². The Kier molecular flexibility index (Phi) is 9.50. The third-order valence-electron chi connectivity index (χ3n) is 6.50. The third-order valence-corrected chi connectivity index (χ3v) is 6.50. The lowest BCUT2D eigenvalue weighted by Crippen LogP contribution is -2.55.